The van der Waals surface area contributed by atoms with Crippen molar-refractivity contribution in [2.45, 2.75) is 12.5 Å². The fourth-order valence-corrected chi connectivity index (χ4v) is 1.91. The zero-order valence-electron chi connectivity index (χ0n) is 12.2. The molecule has 2 amide bonds. The molecule has 0 bridgehead atoms. The monoisotopic (exact) mass is 306 g/mol. The largest absolute Gasteiger partial charge is 0.454 e. The molecule has 1 aromatic carbocycles. The normalized spacial score (nSPS) is 14.8. The molecular formula is C15H18N2O5. The number of aliphatic hydroxyl groups is 1. The van der Waals surface area contributed by atoms with Gasteiger partial charge in [-0.3, -0.25) is 9.59 Å². The van der Waals surface area contributed by atoms with Crippen LogP contribution in [0.2, 0.25) is 0 Å². The summed E-state index contributed by atoms with van der Waals surface area (Å²) in [4.78, 5) is 23.0. The first-order chi connectivity index (χ1) is 10.4. The van der Waals surface area contributed by atoms with Gasteiger partial charge in [0.25, 0.3) is 0 Å². The zero-order chi connectivity index (χ0) is 16.2. The highest BCUT2D eigenvalue weighted by molar-refractivity contribution is 6.35. The maximum atomic E-state index is 11.6. The summed E-state index contributed by atoms with van der Waals surface area (Å²) in [6.07, 6.45) is 1.47. The van der Waals surface area contributed by atoms with Gasteiger partial charge in [0.05, 0.1) is 6.54 Å². The molecular weight excluding hydrogens is 288 g/mol. The fraction of sp³-hybridized carbons (Fsp3) is 0.333. The smallest absolute Gasteiger partial charge is 0.309 e. The summed E-state index contributed by atoms with van der Waals surface area (Å²) in [6.45, 7) is 5.19. The summed E-state index contributed by atoms with van der Waals surface area (Å²) in [5.74, 6) is -0.454. The number of fused-ring (bicyclic) bond motifs is 1. The third-order valence-electron chi connectivity index (χ3n) is 3.20. The van der Waals surface area contributed by atoms with Crippen molar-refractivity contribution in [2.24, 2.45) is 0 Å². The third-order valence-corrected chi connectivity index (χ3v) is 3.20. The van der Waals surface area contributed by atoms with E-state index in [0.29, 0.717) is 17.1 Å². The standard InChI is InChI=1S/C15H18N2O5/c1-3-6-16-13(18)14(19)17-8-15(2,20)10-4-5-11-12(7-10)22-9-21-11/h3-5,7,20H,1,6,8-9H2,2H3,(H,16,18)(H,17,19). The first-order valence-corrected chi connectivity index (χ1v) is 6.73. The Labute approximate surface area is 127 Å². The van der Waals surface area contributed by atoms with Gasteiger partial charge in [0.1, 0.15) is 5.60 Å². The first kappa shape index (κ1) is 15.8. The second-order valence-corrected chi connectivity index (χ2v) is 5.02. The average molecular weight is 306 g/mol. The van der Waals surface area contributed by atoms with Gasteiger partial charge in [-0.15, -0.1) is 6.58 Å². The van der Waals surface area contributed by atoms with Crippen LogP contribution in [-0.2, 0) is 15.2 Å². The molecule has 118 valence electrons. The lowest BCUT2D eigenvalue weighted by atomic mass is 9.95. The van der Waals surface area contributed by atoms with Crippen LogP contribution in [0.4, 0.5) is 0 Å². The van der Waals surface area contributed by atoms with E-state index in [9.17, 15) is 14.7 Å². The molecule has 2 rings (SSSR count). The Kier molecular flexibility index (Phi) is 4.67. The van der Waals surface area contributed by atoms with Crippen LogP contribution in [-0.4, -0.2) is 36.8 Å². The van der Waals surface area contributed by atoms with E-state index < -0.39 is 17.4 Å². The van der Waals surface area contributed by atoms with Crippen LogP contribution >= 0.6 is 0 Å². The molecule has 0 radical (unpaired) electrons. The number of carbonyl (C=O) groups excluding carboxylic acids is 2. The number of carbonyl (C=O) groups is 2. The third kappa shape index (κ3) is 3.56. The molecule has 0 saturated heterocycles. The lowest BCUT2D eigenvalue weighted by molar-refractivity contribution is -0.139. The van der Waals surface area contributed by atoms with Gasteiger partial charge in [-0.1, -0.05) is 12.1 Å². The summed E-state index contributed by atoms with van der Waals surface area (Å²) in [6, 6.07) is 5.01. The number of hydrogen-bond acceptors (Lipinski definition) is 5. The Morgan fingerprint density at radius 3 is 2.73 bits per heavy atom. The summed E-state index contributed by atoms with van der Waals surface area (Å²) >= 11 is 0. The van der Waals surface area contributed by atoms with E-state index in [2.05, 4.69) is 17.2 Å². The van der Waals surface area contributed by atoms with Gasteiger partial charge in [0, 0.05) is 6.54 Å². The Morgan fingerprint density at radius 1 is 1.32 bits per heavy atom. The van der Waals surface area contributed by atoms with Gasteiger partial charge in [-0.2, -0.15) is 0 Å². The maximum absolute atomic E-state index is 11.6. The van der Waals surface area contributed by atoms with Crippen molar-refractivity contribution in [3.8, 4) is 11.5 Å². The molecule has 1 aliphatic rings. The fourth-order valence-electron chi connectivity index (χ4n) is 1.91. The highest BCUT2D eigenvalue weighted by Crippen LogP contribution is 2.35. The molecule has 22 heavy (non-hydrogen) atoms. The molecule has 1 aromatic rings. The molecule has 0 aliphatic carbocycles. The van der Waals surface area contributed by atoms with Crippen molar-refractivity contribution in [3.05, 3.63) is 36.4 Å². The van der Waals surface area contributed by atoms with E-state index in [0.717, 1.165) is 0 Å². The van der Waals surface area contributed by atoms with Gasteiger partial charge >= 0.3 is 11.8 Å². The quantitative estimate of drug-likeness (QED) is 0.527. The number of ether oxygens (including phenoxy) is 2. The number of rotatable bonds is 5. The number of nitrogens with one attached hydrogen (secondary N) is 2. The van der Waals surface area contributed by atoms with Crippen LogP contribution in [0.25, 0.3) is 0 Å². The summed E-state index contributed by atoms with van der Waals surface area (Å²) in [5.41, 5.74) is -0.807. The molecule has 1 aliphatic heterocycles. The molecule has 1 unspecified atom stereocenters. The molecule has 0 fully saturated rings. The maximum Gasteiger partial charge on any atom is 0.309 e. The minimum absolute atomic E-state index is 0.118. The van der Waals surface area contributed by atoms with Crippen molar-refractivity contribution in [1.82, 2.24) is 10.6 Å². The van der Waals surface area contributed by atoms with E-state index in [-0.39, 0.29) is 19.9 Å². The second-order valence-electron chi connectivity index (χ2n) is 5.02. The van der Waals surface area contributed by atoms with Crippen LogP contribution in [0.1, 0.15) is 12.5 Å². The second kappa shape index (κ2) is 6.48. The Balaban J connectivity index is 1.97. The van der Waals surface area contributed by atoms with Gasteiger partial charge < -0.3 is 25.2 Å². The summed E-state index contributed by atoms with van der Waals surface area (Å²) < 4.78 is 10.4. The molecule has 7 heteroatoms. The zero-order valence-corrected chi connectivity index (χ0v) is 12.2. The van der Waals surface area contributed by atoms with Crippen molar-refractivity contribution in [2.75, 3.05) is 19.9 Å². The summed E-state index contributed by atoms with van der Waals surface area (Å²) in [7, 11) is 0. The van der Waals surface area contributed by atoms with Crippen LogP contribution in [0.3, 0.4) is 0 Å². The van der Waals surface area contributed by atoms with E-state index in [1.54, 1.807) is 18.2 Å². The SMILES string of the molecule is C=CCNC(=O)C(=O)NCC(C)(O)c1ccc2c(c1)OCO2. The lowest BCUT2D eigenvalue weighted by Gasteiger charge is -2.24. The van der Waals surface area contributed by atoms with E-state index in [4.69, 9.17) is 9.47 Å². The molecule has 1 heterocycles. The average Bonchev–Trinajstić information content (AvgIpc) is 2.97. The van der Waals surface area contributed by atoms with Crippen LogP contribution in [0.5, 0.6) is 11.5 Å². The minimum Gasteiger partial charge on any atom is -0.454 e. The topological polar surface area (TPSA) is 96.9 Å². The van der Waals surface area contributed by atoms with Crippen molar-refractivity contribution >= 4 is 11.8 Å². The highest BCUT2D eigenvalue weighted by atomic mass is 16.7. The Hall–Kier alpha value is -2.54. The van der Waals surface area contributed by atoms with E-state index >= 15 is 0 Å². The molecule has 0 aromatic heterocycles. The van der Waals surface area contributed by atoms with Crippen molar-refractivity contribution in [1.29, 1.82) is 0 Å². The van der Waals surface area contributed by atoms with E-state index in [1.165, 1.54) is 13.0 Å². The first-order valence-electron chi connectivity index (χ1n) is 6.73. The number of benzene rings is 1. The van der Waals surface area contributed by atoms with E-state index in [1.807, 2.05) is 0 Å². The molecule has 3 N–H and O–H groups in total. The molecule has 1 atom stereocenters. The predicted molar refractivity (Wildman–Crippen MR) is 78.4 cm³/mol. The number of amides is 2. The van der Waals surface area contributed by atoms with Crippen molar-refractivity contribution < 1.29 is 24.2 Å². The Bertz CT molecular complexity index is 598. The van der Waals surface area contributed by atoms with Gasteiger partial charge in [0.15, 0.2) is 11.5 Å². The van der Waals surface area contributed by atoms with Gasteiger partial charge in [-0.05, 0) is 24.6 Å². The van der Waals surface area contributed by atoms with Crippen LogP contribution in [0, 0.1) is 0 Å². The van der Waals surface area contributed by atoms with Crippen LogP contribution in [0.15, 0.2) is 30.9 Å². The molecule has 0 spiro atoms. The predicted octanol–water partition coefficient (Wildman–Crippen LogP) is 0.0412. The highest BCUT2D eigenvalue weighted by Gasteiger charge is 2.27. The lowest BCUT2D eigenvalue weighted by Crippen LogP contribution is -2.45. The van der Waals surface area contributed by atoms with Gasteiger partial charge in [0.2, 0.25) is 6.79 Å². The Morgan fingerprint density at radius 2 is 2.00 bits per heavy atom. The molecule has 7 nitrogen and oxygen atoms in total. The van der Waals surface area contributed by atoms with Crippen LogP contribution < -0.4 is 20.1 Å². The van der Waals surface area contributed by atoms with Gasteiger partial charge in [-0.25, -0.2) is 0 Å². The van der Waals surface area contributed by atoms with Crippen molar-refractivity contribution in [3.63, 3.8) is 0 Å². The molecule has 0 saturated carbocycles. The summed E-state index contributed by atoms with van der Waals surface area (Å²) in [5, 5.41) is 15.2. The number of hydrogen-bond donors (Lipinski definition) is 3. The minimum atomic E-state index is -1.35.